The van der Waals surface area contributed by atoms with Gasteiger partial charge in [0.25, 0.3) is 0 Å². The summed E-state index contributed by atoms with van der Waals surface area (Å²) < 4.78 is 5.34. The van der Waals surface area contributed by atoms with E-state index in [4.69, 9.17) is 4.74 Å². The van der Waals surface area contributed by atoms with E-state index in [9.17, 15) is 0 Å². The van der Waals surface area contributed by atoms with E-state index in [1.165, 1.54) is 5.56 Å². The zero-order valence-corrected chi connectivity index (χ0v) is 9.15. The molecule has 1 saturated heterocycles. The Morgan fingerprint density at radius 3 is 2.67 bits per heavy atom. The van der Waals surface area contributed by atoms with E-state index in [2.05, 4.69) is 29.4 Å². The van der Waals surface area contributed by atoms with Crippen molar-refractivity contribution < 1.29 is 4.74 Å². The molecule has 1 aliphatic rings. The van der Waals surface area contributed by atoms with Crippen LogP contribution in [0.3, 0.4) is 0 Å². The maximum Gasteiger partial charge on any atom is 0.0480 e. The Morgan fingerprint density at radius 2 is 2.00 bits per heavy atom. The molecule has 3 nitrogen and oxygen atoms in total. The van der Waals surface area contributed by atoms with Gasteiger partial charge in [0.2, 0.25) is 0 Å². The third-order valence-corrected chi connectivity index (χ3v) is 2.91. The van der Waals surface area contributed by atoms with Gasteiger partial charge in [0.1, 0.15) is 0 Å². The number of rotatable bonds is 3. The van der Waals surface area contributed by atoms with E-state index in [0.717, 1.165) is 26.1 Å². The van der Waals surface area contributed by atoms with Gasteiger partial charge >= 0.3 is 0 Å². The number of hydrogen-bond donors (Lipinski definition) is 1. The van der Waals surface area contributed by atoms with Gasteiger partial charge in [0.05, 0.1) is 0 Å². The minimum Gasteiger partial charge on any atom is -0.381 e. The van der Waals surface area contributed by atoms with Crippen LogP contribution in [0.4, 0.5) is 0 Å². The van der Waals surface area contributed by atoms with Crippen molar-refractivity contribution >= 4 is 0 Å². The molecule has 0 aliphatic carbocycles. The number of nitrogens with zero attached hydrogens (tertiary/aromatic N) is 1. The van der Waals surface area contributed by atoms with Gasteiger partial charge in [-0.3, -0.25) is 4.98 Å². The Hall–Kier alpha value is -0.930. The molecule has 0 spiro atoms. The number of aromatic nitrogens is 1. The first-order chi connectivity index (χ1) is 7.36. The Bertz CT molecular complexity index is 283. The fourth-order valence-electron chi connectivity index (χ4n) is 1.97. The molecule has 2 heterocycles. The molecule has 2 rings (SSSR count). The summed E-state index contributed by atoms with van der Waals surface area (Å²) in [5, 5.41) is 3.63. The molecular weight excluding hydrogens is 188 g/mol. The summed E-state index contributed by atoms with van der Waals surface area (Å²) in [6.07, 6.45) is 5.93. The van der Waals surface area contributed by atoms with Crippen molar-refractivity contribution in [3.8, 4) is 0 Å². The van der Waals surface area contributed by atoms with Gasteiger partial charge in [-0.05, 0) is 37.5 Å². The first kappa shape index (κ1) is 10.6. The molecule has 0 saturated carbocycles. The molecule has 1 atom stereocenters. The molecule has 82 valence electrons. The lowest BCUT2D eigenvalue weighted by molar-refractivity contribution is 0.0754. The molecule has 0 radical (unpaired) electrons. The number of hydrogen-bond acceptors (Lipinski definition) is 3. The van der Waals surface area contributed by atoms with E-state index >= 15 is 0 Å². The van der Waals surface area contributed by atoms with Gasteiger partial charge in [0.15, 0.2) is 0 Å². The highest BCUT2D eigenvalue weighted by molar-refractivity contribution is 5.14. The quantitative estimate of drug-likeness (QED) is 0.820. The predicted molar refractivity (Wildman–Crippen MR) is 59.6 cm³/mol. The van der Waals surface area contributed by atoms with Crippen molar-refractivity contribution in [2.24, 2.45) is 0 Å². The van der Waals surface area contributed by atoms with Crippen LogP contribution < -0.4 is 5.32 Å². The molecule has 1 aromatic rings. The van der Waals surface area contributed by atoms with Crippen molar-refractivity contribution in [3.63, 3.8) is 0 Å². The maximum atomic E-state index is 5.34. The molecule has 0 unspecified atom stereocenters. The molecule has 1 aliphatic heterocycles. The summed E-state index contributed by atoms with van der Waals surface area (Å²) in [7, 11) is 0. The van der Waals surface area contributed by atoms with Crippen LogP contribution in [0.1, 0.15) is 31.4 Å². The molecule has 1 aromatic heterocycles. The third-order valence-electron chi connectivity index (χ3n) is 2.91. The predicted octanol–water partition coefficient (Wildman–Crippen LogP) is 1.91. The second-order valence-corrected chi connectivity index (χ2v) is 4.06. The lowest BCUT2D eigenvalue weighted by Crippen LogP contribution is -2.36. The Morgan fingerprint density at radius 1 is 1.33 bits per heavy atom. The minimum absolute atomic E-state index is 0.399. The van der Waals surface area contributed by atoms with E-state index in [0.29, 0.717) is 12.1 Å². The van der Waals surface area contributed by atoms with Crippen molar-refractivity contribution in [1.82, 2.24) is 10.3 Å². The normalized spacial score (nSPS) is 20.1. The molecule has 3 heteroatoms. The fourth-order valence-corrected chi connectivity index (χ4v) is 1.97. The van der Waals surface area contributed by atoms with Gasteiger partial charge in [-0.2, -0.15) is 0 Å². The number of pyridine rings is 1. The fraction of sp³-hybridized carbons (Fsp3) is 0.583. The van der Waals surface area contributed by atoms with Crippen LogP contribution in [0.5, 0.6) is 0 Å². The molecule has 0 amide bonds. The highest BCUT2D eigenvalue weighted by atomic mass is 16.5. The summed E-state index contributed by atoms with van der Waals surface area (Å²) in [6.45, 7) is 3.98. The Kier molecular flexibility index (Phi) is 3.69. The van der Waals surface area contributed by atoms with E-state index in [-0.39, 0.29) is 0 Å². The monoisotopic (exact) mass is 206 g/mol. The van der Waals surface area contributed by atoms with Crippen LogP contribution in [-0.2, 0) is 4.74 Å². The van der Waals surface area contributed by atoms with Crippen molar-refractivity contribution in [2.75, 3.05) is 13.2 Å². The summed E-state index contributed by atoms with van der Waals surface area (Å²) in [6, 6.07) is 5.13. The zero-order valence-electron chi connectivity index (χ0n) is 9.15. The molecule has 1 N–H and O–H groups in total. The van der Waals surface area contributed by atoms with E-state index in [1.54, 1.807) is 0 Å². The average molecular weight is 206 g/mol. The molecule has 15 heavy (non-hydrogen) atoms. The zero-order chi connectivity index (χ0) is 10.5. The summed E-state index contributed by atoms with van der Waals surface area (Å²) >= 11 is 0. The minimum atomic E-state index is 0.399. The van der Waals surface area contributed by atoms with Crippen molar-refractivity contribution in [3.05, 3.63) is 30.1 Å². The van der Waals surface area contributed by atoms with E-state index in [1.807, 2.05) is 12.4 Å². The Labute approximate surface area is 90.9 Å². The third kappa shape index (κ3) is 3.01. The van der Waals surface area contributed by atoms with Crippen LogP contribution in [0.15, 0.2) is 24.5 Å². The summed E-state index contributed by atoms with van der Waals surface area (Å²) in [4.78, 5) is 4.03. The summed E-state index contributed by atoms with van der Waals surface area (Å²) in [5.74, 6) is 0. The van der Waals surface area contributed by atoms with Gasteiger partial charge in [0, 0.05) is 37.7 Å². The van der Waals surface area contributed by atoms with Crippen molar-refractivity contribution in [2.45, 2.75) is 31.8 Å². The SMILES string of the molecule is C[C@H](NC1CCOCC1)c1ccncc1. The highest BCUT2D eigenvalue weighted by Crippen LogP contribution is 2.15. The highest BCUT2D eigenvalue weighted by Gasteiger charge is 2.16. The number of nitrogens with one attached hydrogen (secondary N) is 1. The summed E-state index contributed by atoms with van der Waals surface area (Å²) in [5.41, 5.74) is 1.30. The second-order valence-electron chi connectivity index (χ2n) is 4.06. The topological polar surface area (TPSA) is 34.1 Å². The number of ether oxygens (including phenoxy) is 1. The smallest absolute Gasteiger partial charge is 0.0480 e. The lowest BCUT2D eigenvalue weighted by Gasteiger charge is -2.26. The van der Waals surface area contributed by atoms with Crippen LogP contribution in [0.25, 0.3) is 0 Å². The molecule has 1 fully saturated rings. The largest absolute Gasteiger partial charge is 0.381 e. The molecule has 0 bridgehead atoms. The van der Waals surface area contributed by atoms with Crippen LogP contribution in [0, 0.1) is 0 Å². The van der Waals surface area contributed by atoms with Crippen molar-refractivity contribution in [1.29, 1.82) is 0 Å². The molecule has 0 aromatic carbocycles. The van der Waals surface area contributed by atoms with Gasteiger partial charge < -0.3 is 10.1 Å². The van der Waals surface area contributed by atoms with Gasteiger partial charge in [-0.1, -0.05) is 0 Å². The molecular formula is C12H18N2O. The van der Waals surface area contributed by atoms with E-state index < -0.39 is 0 Å². The van der Waals surface area contributed by atoms with Crippen LogP contribution in [-0.4, -0.2) is 24.2 Å². The van der Waals surface area contributed by atoms with Crippen LogP contribution >= 0.6 is 0 Å². The average Bonchev–Trinajstić information content (AvgIpc) is 2.31. The lowest BCUT2D eigenvalue weighted by atomic mass is 10.1. The van der Waals surface area contributed by atoms with Gasteiger partial charge in [-0.25, -0.2) is 0 Å². The Balaban J connectivity index is 1.88. The second kappa shape index (κ2) is 5.24. The first-order valence-corrected chi connectivity index (χ1v) is 5.60. The maximum absolute atomic E-state index is 5.34. The first-order valence-electron chi connectivity index (χ1n) is 5.60. The van der Waals surface area contributed by atoms with Crippen LogP contribution in [0.2, 0.25) is 0 Å². The van der Waals surface area contributed by atoms with Gasteiger partial charge in [-0.15, -0.1) is 0 Å². The standard InChI is InChI=1S/C12H18N2O/c1-10(11-2-6-13-7-3-11)14-12-4-8-15-9-5-12/h2-3,6-7,10,12,14H,4-5,8-9H2,1H3/t10-/m0/s1.